The van der Waals surface area contributed by atoms with Crippen molar-refractivity contribution in [1.29, 1.82) is 0 Å². The summed E-state index contributed by atoms with van der Waals surface area (Å²) >= 11 is 1.68. The number of fused-ring (bicyclic) bond motifs is 1. The molecule has 2 heterocycles. The minimum absolute atomic E-state index is 0.237. The Morgan fingerprint density at radius 2 is 2.11 bits per heavy atom. The number of aryl methyl sites for hydroxylation is 1. The Balaban J connectivity index is 2.22. The van der Waals surface area contributed by atoms with Gasteiger partial charge in [-0.2, -0.15) is 4.98 Å². The summed E-state index contributed by atoms with van der Waals surface area (Å²) in [5.41, 5.74) is 0. The second-order valence-electron chi connectivity index (χ2n) is 4.36. The molecular formula is C13H20N4OS. The van der Waals surface area contributed by atoms with Crippen LogP contribution in [0.4, 0.5) is 11.8 Å². The lowest BCUT2D eigenvalue weighted by atomic mass is 10.3. The number of aliphatic hydroxyl groups is 1. The fraction of sp³-hybridized carbons (Fsp3) is 0.538. The minimum Gasteiger partial charge on any atom is -0.396 e. The van der Waals surface area contributed by atoms with Crippen LogP contribution in [0.25, 0.3) is 10.2 Å². The van der Waals surface area contributed by atoms with Crippen LogP contribution in [0.5, 0.6) is 0 Å². The van der Waals surface area contributed by atoms with Crippen molar-refractivity contribution in [2.24, 2.45) is 0 Å². The summed E-state index contributed by atoms with van der Waals surface area (Å²) < 4.78 is 0. The predicted molar refractivity (Wildman–Crippen MR) is 81.1 cm³/mol. The quantitative estimate of drug-likeness (QED) is 0.680. The van der Waals surface area contributed by atoms with Gasteiger partial charge in [-0.15, -0.1) is 11.3 Å². The summed E-state index contributed by atoms with van der Waals surface area (Å²) in [5, 5.41) is 16.4. The minimum atomic E-state index is 0.237. The molecule has 0 spiro atoms. The number of aliphatic hydroxyl groups excluding tert-OH is 1. The Bertz CT molecular complexity index is 541. The van der Waals surface area contributed by atoms with Crippen LogP contribution in [0.2, 0.25) is 0 Å². The maximum Gasteiger partial charge on any atom is 0.226 e. The highest BCUT2D eigenvalue weighted by atomic mass is 32.1. The molecule has 0 saturated heterocycles. The third kappa shape index (κ3) is 3.54. The molecule has 5 nitrogen and oxygen atoms in total. The normalized spacial score (nSPS) is 10.9. The van der Waals surface area contributed by atoms with Gasteiger partial charge in [0.1, 0.15) is 10.6 Å². The zero-order valence-corrected chi connectivity index (χ0v) is 12.2. The molecule has 104 valence electrons. The van der Waals surface area contributed by atoms with Crippen molar-refractivity contribution in [3.05, 3.63) is 10.9 Å². The van der Waals surface area contributed by atoms with E-state index in [4.69, 9.17) is 5.11 Å². The third-order valence-electron chi connectivity index (χ3n) is 2.73. The Labute approximate surface area is 117 Å². The van der Waals surface area contributed by atoms with E-state index in [1.807, 2.05) is 6.92 Å². The Morgan fingerprint density at radius 3 is 2.84 bits per heavy atom. The Morgan fingerprint density at radius 1 is 1.26 bits per heavy atom. The molecule has 0 amide bonds. The molecule has 2 aromatic rings. The molecule has 0 aliphatic rings. The standard InChI is InChI=1S/C13H20N4OS/c1-3-14-13-16-11(15-6-4-5-7-18)10-8-9(2)19-12(10)17-13/h8,18H,3-7H2,1-2H3,(H2,14,15,16,17). The van der Waals surface area contributed by atoms with Crippen molar-refractivity contribution in [3.8, 4) is 0 Å². The summed E-state index contributed by atoms with van der Waals surface area (Å²) in [4.78, 5) is 11.3. The first-order valence-corrected chi connectivity index (χ1v) is 7.43. The molecule has 2 rings (SSSR count). The van der Waals surface area contributed by atoms with Gasteiger partial charge in [0, 0.05) is 24.6 Å². The number of unbranched alkanes of at least 4 members (excludes halogenated alkanes) is 1. The highest BCUT2D eigenvalue weighted by Crippen LogP contribution is 2.29. The molecule has 2 aromatic heterocycles. The van der Waals surface area contributed by atoms with Gasteiger partial charge in [-0.1, -0.05) is 0 Å². The van der Waals surface area contributed by atoms with Gasteiger partial charge in [0.25, 0.3) is 0 Å². The monoisotopic (exact) mass is 280 g/mol. The van der Waals surface area contributed by atoms with Crippen molar-refractivity contribution in [2.75, 3.05) is 30.3 Å². The van der Waals surface area contributed by atoms with E-state index in [0.717, 1.165) is 42.0 Å². The number of aromatic nitrogens is 2. The summed E-state index contributed by atoms with van der Waals surface area (Å²) in [6.45, 7) is 5.96. The van der Waals surface area contributed by atoms with E-state index in [-0.39, 0.29) is 6.61 Å². The first-order valence-electron chi connectivity index (χ1n) is 6.61. The summed E-state index contributed by atoms with van der Waals surface area (Å²) in [5.74, 6) is 1.55. The lowest BCUT2D eigenvalue weighted by Crippen LogP contribution is -2.08. The number of thiophene rings is 1. The molecule has 0 aromatic carbocycles. The summed E-state index contributed by atoms with van der Waals surface area (Å²) in [6.07, 6.45) is 1.74. The first kappa shape index (κ1) is 14.0. The van der Waals surface area contributed by atoms with Crippen LogP contribution in [0, 0.1) is 6.92 Å². The van der Waals surface area contributed by atoms with Crippen LogP contribution in [-0.2, 0) is 0 Å². The van der Waals surface area contributed by atoms with E-state index < -0.39 is 0 Å². The summed E-state index contributed by atoms with van der Waals surface area (Å²) in [7, 11) is 0. The average Bonchev–Trinajstić information content (AvgIpc) is 2.75. The van der Waals surface area contributed by atoms with Crippen LogP contribution in [0.3, 0.4) is 0 Å². The van der Waals surface area contributed by atoms with E-state index in [1.165, 1.54) is 4.88 Å². The first-order chi connectivity index (χ1) is 9.24. The largest absolute Gasteiger partial charge is 0.396 e. The fourth-order valence-electron chi connectivity index (χ4n) is 1.86. The lowest BCUT2D eigenvalue weighted by Gasteiger charge is -2.08. The second-order valence-corrected chi connectivity index (χ2v) is 5.59. The SMILES string of the molecule is CCNc1nc(NCCCCO)c2cc(C)sc2n1. The molecular weight excluding hydrogens is 260 g/mol. The number of nitrogens with zero attached hydrogens (tertiary/aromatic N) is 2. The number of hydrogen-bond acceptors (Lipinski definition) is 6. The molecule has 19 heavy (non-hydrogen) atoms. The van der Waals surface area contributed by atoms with Gasteiger partial charge in [-0.3, -0.25) is 0 Å². The van der Waals surface area contributed by atoms with Crippen LogP contribution >= 0.6 is 11.3 Å². The van der Waals surface area contributed by atoms with Gasteiger partial charge < -0.3 is 15.7 Å². The van der Waals surface area contributed by atoms with Gasteiger partial charge in [-0.25, -0.2) is 4.98 Å². The van der Waals surface area contributed by atoms with Crippen LogP contribution < -0.4 is 10.6 Å². The smallest absolute Gasteiger partial charge is 0.226 e. The summed E-state index contributed by atoms with van der Waals surface area (Å²) in [6, 6.07) is 2.12. The highest BCUT2D eigenvalue weighted by molar-refractivity contribution is 7.18. The molecule has 0 aliphatic heterocycles. The predicted octanol–water partition coefficient (Wildman–Crippen LogP) is 2.62. The zero-order valence-electron chi connectivity index (χ0n) is 11.4. The number of anilines is 2. The highest BCUT2D eigenvalue weighted by Gasteiger charge is 2.09. The molecule has 0 atom stereocenters. The molecule has 0 unspecified atom stereocenters. The van der Waals surface area contributed by atoms with Gasteiger partial charge >= 0.3 is 0 Å². The average molecular weight is 280 g/mol. The van der Waals surface area contributed by atoms with Gasteiger partial charge in [0.05, 0.1) is 5.39 Å². The van der Waals surface area contributed by atoms with Crippen LogP contribution in [0.1, 0.15) is 24.6 Å². The number of nitrogens with one attached hydrogen (secondary N) is 2. The van der Waals surface area contributed by atoms with Gasteiger partial charge in [0.15, 0.2) is 0 Å². The molecule has 0 aliphatic carbocycles. The van der Waals surface area contributed by atoms with Crippen molar-refractivity contribution in [3.63, 3.8) is 0 Å². The molecule has 3 N–H and O–H groups in total. The van der Waals surface area contributed by atoms with Crippen LogP contribution in [0.15, 0.2) is 6.07 Å². The van der Waals surface area contributed by atoms with Gasteiger partial charge in [-0.05, 0) is 32.8 Å². The fourth-order valence-corrected chi connectivity index (χ4v) is 2.74. The topological polar surface area (TPSA) is 70.1 Å². The molecule has 0 saturated carbocycles. The van der Waals surface area contributed by atoms with E-state index >= 15 is 0 Å². The van der Waals surface area contributed by atoms with Crippen molar-refractivity contribution in [1.82, 2.24) is 9.97 Å². The van der Waals surface area contributed by atoms with E-state index in [1.54, 1.807) is 11.3 Å². The van der Waals surface area contributed by atoms with Crippen molar-refractivity contribution in [2.45, 2.75) is 26.7 Å². The Hall–Kier alpha value is -1.40. The zero-order chi connectivity index (χ0) is 13.7. The second kappa shape index (κ2) is 6.68. The van der Waals surface area contributed by atoms with E-state index in [0.29, 0.717) is 5.95 Å². The van der Waals surface area contributed by atoms with E-state index in [9.17, 15) is 0 Å². The van der Waals surface area contributed by atoms with Crippen LogP contribution in [-0.4, -0.2) is 34.8 Å². The number of hydrogen-bond donors (Lipinski definition) is 3. The molecule has 0 radical (unpaired) electrons. The maximum atomic E-state index is 8.79. The van der Waals surface area contributed by atoms with Crippen molar-refractivity contribution < 1.29 is 5.11 Å². The van der Waals surface area contributed by atoms with Gasteiger partial charge in [0.2, 0.25) is 5.95 Å². The third-order valence-corrected chi connectivity index (χ3v) is 3.67. The van der Waals surface area contributed by atoms with E-state index in [2.05, 4.69) is 33.6 Å². The van der Waals surface area contributed by atoms with Crippen molar-refractivity contribution >= 4 is 33.3 Å². The maximum absolute atomic E-state index is 8.79. The lowest BCUT2D eigenvalue weighted by molar-refractivity contribution is 0.286. The molecule has 0 fully saturated rings. The number of rotatable bonds is 7. The molecule has 6 heteroatoms. The Kier molecular flexibility index (Phi) is 4.93. The molecule has 0 bridgehead atoms.